The van der Waals surface area contributed by atoms with E-state index < -0.39 is 0 Å². The largest absolute Gasteiger partial charge is 0.334 e. The van der Waals surface area contributed by atoms with Crippen molar-refractivity contribution in [3.63, 3.8) is 0 Å². The molecule has 0 saturated heterocycles. The molecule has 0 aliphatic carbocycles. The molecule has 0 aliphatic rings. The van der Waals surface area contributed by atoms with Gasteiger partial charge in [0, 0.05) is 12.1 Å². The minimum Gasteiger partial charge on any atom is -0.334 e. The van der Waals surface area contributed by atoms with Gasteiger partial charge < -0.3 is 14.4 Å². The lowest BCUT2D eigenvalue weighted by Gasteiger charge is -2.10. The maximum absolute atomic E-state index is 5.34. The minimum absolute atomic E-state index is 0.0430. The number of aryl methyl sites for hydroxylation is 1. The van der Waals surface area contributed by atoms with Crippen molar-refractivity contribution in [2.24, 2.45) is 0 Å². The molecule has 3 rings (SSSR count). The highest BCUT2D eigenvalue weighted by Crippen LogP contribution is 2.18. The van der Waals surface area contributed by atoms with E-state index in [-0.39, 0.29) is 6.04 Å². The molecule has 1 N–H and O–H groups in total. The summed E-state index contributed by atoms with van der Waals surface area (Å²) in [6, 6.07) is 9.70. The number of rotatable bonds is 6. The molecule has 3 aromatic rings. The summed E-state index contributed by atoms with van der Waals surface area (Å²) in [6.45, 7) is 7.48. The van der Waals surface area contributed by atoms with Gasteiger partial charge in [-0.25, -0.2) is 0 Å². The molecule has 0 fully saturated rings. The van der Waals surface area contributed by atoms with Crippen molar-refractivity contribution in [1.82, 2.24) is 30.2 Å². The molecular formula is C16H20N6O. The van der Waals surface area contributed by atoms with Crippen LogP contribution in [0.25, 0.3) is 11.5 Å². The molecule has 23 heavy (non-hydrogen) atoms. The molecule has 0 spiro atoms. The summed E-state index contributed by atoms with van der Waals surface area (Å²) >= 11 is 0. The molecule has 0 amide bonds. The first-order valence-electron chi connectivity index (χ1n) is 7.70. The molecule has 120 valence electrons. The van der Waals surface area contributed by atoms with Crippen LogP contribution in [0.3, 0.4) is 0 Å². The number of aromatic nitrogens is 5. The third-order valence-electron chi connectivity index (χ3n) is 3.74. The fourth-order valence-corrected chi connectivity index (χ4v) is 2.41. The highest BCUT2D eigenvalue weighted by Gasteiger charge is 2.16. The molecule has 1 atom stereocenters. The van der Waals surface area contributed by atoms with Crippen molar-refractivity contribution in [1.29, 1.82) is 0 Å². The Labute approximate surface area is 134 Å². The Morgan fingerprint density at radius 3 is 2.74 bits per heavy atom. The topological polar surface area (TPSA) is 81.7 Å². The van der Waals surface area contributed by atoms with Gasteiger partial charge in [0.05, 0.1) is 12.6 Å². The van der Waals surface area contributed by atoms with E-state index in [9.17, 15) is 0 Å². The van der Waals surface area contributed by atoms with Crippen molar-refractivity contribution in [3.05, 3.63) is 47.8 Å². The lowest BCUT2D eigenvalue weighted by Crippen LogP contribution is -2.21. The maximum Gasteiger partial charge on any atom is 0.257 e. The lowest BCUT2D eigenvalue weighted by atomic mass is 10.2. The molecule has 2 aromatic heterocycles. The second-order valence-electron chi connectivity index (χ2n) is 5.33. The molecule has 1 aromatic carbocycles. The van der Waals surface area contributed by atoms with Crippen molar-refractivity contribution in [3.8, 4) is 11.5 Å². The van der Waals surface area contributed by atoms with Crippen molar-refractivity contribution < 1.29 is 4.52 Å². The number of nitrogens with one attached hydrogen (secondary N) is 1. The summed E-state index contributed by atoms with van der Waals surface area (Å²) in [5, 5.41) is 15.7. The van der Waals surface area contributed by atoms with E-state index in [2.05, 4.69) is 37.1 Å². The Bertz CT molecular complexity index is 764. The number of hydrogen-bond donors (Lipinski definition) is 1. The lowest BCUT2D eigenvalue weighted by molar-refractivity contribution is 0.407. The summed E-state index contributed by atoms with van der Waals surface area (Å²) in [5.74, 6) is 2.98. The fourth-order valence-electron chi connectivity index (χ4n) is 2.41. The number of nitrogens with zero attached hydrogens (tertiary/aromatic N) is 5. The van der Waals surface area contributed by atoms with Crippen molar-refractivity contribution in [2.75, 3.05) is 0 Å². The van der Waals surface area contributed by atoms with Crippen LogP contribution in [-0.2, 0) is 13.1 Å². The Morgan fingerprint density at radius 1 is 1.22 bits per heavy atom. The predicted octanol–water partition coefficient (Wildman–Crippen LogP) is 2.51. The molecule has 7 heteroatoms. The highest BCUT2D eigenvalue weighted by atomic mass is 16.5. The Morgan fingerprint density at radius 2 is 2.00 bits per heavy atom. The van der Waals surface area contributed by atoms with Gasteiger partial charge in [0.15, 0.2) is 5.82 Å². The predicted molar refractivity (Wildman–Crippen MR) is 85.4 cm³/mol. The standard InChI is InChI=1S/C16H20N6O/c1-4-22-12(3)19-20-14(22)10-17-11(2)15-18-16(23-21-15)13-8-6-5-7-9-13/h5-9,11,17H,4,10H2,1-3H3. The van der Waals surface area contributed by atoms with Gasteiger partial charge in [0.25, 0.3) is 5.89 Å². The van der Waals surface area contributed by atoms with Gasteiger partial charge in [-0.15, -0.1) is 10.2 Å². The second kappa shape index (κ2) is 6.70. The van der Waals surface area contributed by atoms with Gasteiger partial charge in [-0.3, -0.25) is 0 Å². The Balaban J connectivity index is 1.67. The van der Waals surface area contributed by atoms with E-state index in [1.54, 1.807) is 0 Å². The van der Waals surface area contributed by atoms with Gasteiger partial charge in [0.2, 0.25) is 0 Å². The van der Waals surface area contributed by atoms with Crippen molar-refractivity contribution in [2.45, 2.75) is 39.9 Å². The van der Waals surface area contributed by atoms with Gasteiger partial charge in [-0.2, -0.15) is 4.98 Å². The molecule has 0 aliphatic heterocycles. The second-order valence-corrected chi connectivity index (χ2v) is 5.33. The summed E-state index contributed by atoms with van der Waals surface area (Å²) in [6.07, 6.45) is 0. The van der Waals surface area contributed by atoms with Gasteiger partial charge in [-0.05, 0) is 32.9 Å². The smallest absolute Gasteiger partial charge is 0.257 e. The highest BCUT2D eigenvalue weighted by molar-refractivity contribution is 5.52. The maximum atomic E-state index is 5.34. The van der Waals surface area contributed by atoms with E-state index in [0.29, 0.717) is 18.3 Å². The first-order valence-corrected chi connectivity index (χ1v) is 7.70. The van der Waals surface area contributed by atoms with Crippen LogP contribution >= 0.6 is 0 Å². The number of hydrogen-bond acceptors (Lipinski definition) is 6. The molecular weight excluding hydrogens is 292 g/mol. The average molecular weight is 312 g/mol. The zero-order valence-corrected chi connectivity index (χ0v) is 13.5. The zero-order chi connectivity index (χ0) is 16.2. The Kier molecular flexibility index (Phi) is 4.47. The molecule has 2 heterocycles. The molecule has 7 nitrogen and oxygen atoms in total. The van der Waals surface area contributed by atoms with Crippen LogP contribution in [0.15, 0.2) is 34.9 Å². The SMILES string of the molecule is CCn1c(C)nnc1CNC(C)c1noc(-c2ccccc2)n1. The van der Waals surface area contributed by atoms with Gasteiger partial charge in [0.1, 0.15) is 11.6 Å². The summed E-state index contributed by atoms with van der Waals surface area (Å²) in [7, 11) is 0. The monoisotopic (exact) mass is 312 g/mol. The van der Waals surface area contributed by atoms with Crippen LogP contribution in [0.2, 0.25) is 0 Å². The summed E-state index contributed by atoms with van der Waals surface area (Å²) < 4.78 is 7.41. The normalized spacial score (nSPS) is 12.5. The summed E-state index contributed by atoms with van der Waals surface area (Å²) in [4.78, 5) is 4.46. The zero-order valence-electron chi connectivity index (χ0n) is 13.5. The summed E-state index contributed by atoms with van der Waals surface area (Å²) in [5.41, 5.74) is 0.916. The van der Waals surface area contributed by atoms with Crippen LogP contribution in [0, 0.1) is 6.92 Å². The van der Waals surface area contributed by atoms with Crippen LogP contribution in [-0.4, -0.2) is 24.9 Å². The van der Waals surface area contributed by atoms with E-state index in [4.69, 9.17) is 4.52 Å². The van der Waals surface area contributed by atoms with E-state index in [0.717, 1.165) is 23.8 Å². The average Bonchev–Trinajstić information content (AvgIpc) is 3.20. The van der Waals surface area contributed by atoms with Crippen LogP contribution in [0.4, 0.5) is 0 Å². The van der Waals surface area contributed by atoms with Crippen molar-refractivity contribution >= 4 is 0 Å². The first-order chi connectivity index (χ1) is 11.2. The third-order valence-corrected chi connectivity index (χ3v) is 3.74. The van der Waals surface area contributed by atoms with Crippen LogP contribution in [0.5, 0.6) is 0 Å². The quantitative estimate of drug-likeness (QED) is 0.753. The minimum atomic E-state index is -0.0430. The molecule has 0 saturated carbocycles. The van der Waals surface area contributed by atoms with E-state index in [1.807, 2.05) is 44.2 Å². The fraction of sp³-hybridized carbons (Fsp3) is 0.375. The molecule has 0 radical (unpaired) electrons. The molecule has 0 bridgehead atoms. The molecule has 1 unspecified atom stereocenters. The van der Waals surface area contributed by atoms with Crippen LogP contribution < -0.4 is 5.32 Å². The third kappa shape index (κ3) is 3.29. The van der Waals surface area contributed by atoms with E-state index >= 15 is 0 Å². The van der Waals surface area contributed by atoms with Crippen LogP contribution in [0.1, 0.15) is 37.4 Å². The van der Waals surface area contributed by atoms with E-state index in [1.165, 1.54) is 0 Å². The Hall–Kier alpha value is -2.54. The first kappa shape index (κ1) is 15.4. The van der Waals surface area contributed by atoms with Gasteiger partial charge >= 0.3 is 0 Å². The van der Waals surface area contributed by atoms with Gasteiger partial charge in [-0.1, -0.05) is 23.4 Å². The number of benzene rings is 1.